The number of hydrogen-bond acceptors (Lipinski definition) is 1. The lowest BCUT2D eigenvalue weighted by molar-refractivity contribution is -0.0242. The highest BCUT2D eigenvalue weighted by Gasteiger charge is 2.50. The van der Waals surface area contributed by atoms with Gasteiger partial charge in [0.1, 0.15) is 11.9 Å². The largest absolute Gasteiger partial charge is 0.490 e. The molecule has 1 aliphatic rings. The Kier molecular flexibility index (Phi) is 3.85. The second-order valence-corrected chi connectivity index (χ2v) is 7.84. The molecule has 0 spiro atoms. The summed E-state index contributed by atoms with van der Waals surface area (Å²) < 4.78 is 7.33. The summed E-state index contributed by atoms with van der Waals surface area (Å²) >= 11 is 7.27. The molecular weight excluding hydrogens is 380 g/mol. The normalized spacial score (nSPS) is 29.2. The molecule has 3 unspecified atom stereocenters. The Balaban J connectivity index is 1.83. The van der Waals surface area contributed by atoms with Gasteiger partial charge in [0.15, 0.2) is 0 Å². The summed E-state index contributed by atoms with van der Waals surface area (Å²) in [4.78, 5) is 0.571. The van der Waals surface area contributed by atoms with Gasteiger partial charge in [-0.1, -0.05) is 57.8 Å². The van der Waals surface area contributed by atoms with Crippen molar-refractivity contribution >= 4 is 42.6 Å². The lowest BCUT2D eigenvalue weighted by Crippen LogP contribution is -2.54. The van der Waals surface area contributed by atoms with Crippen molar-refractivity contribution in [1.82, 2.24) is 0 Å². The van der Waals surface area contributed by atoms with Gasteiger partial charge in [0.2, 0.25) is 0 Å². The Labute approximate surface area is 137 Å². The van der Waals surface area contributed by atoms with Crippen molar-refractivity contribution in [2.24, 2.45) is 5.41 Å². The number of halogens is 2. The van der Waals surface area contributed by atoms with E-state index >= 15 is 0 Å². The van der Waals surface area contributed by atoms with E-state index in [1.54, 1.807) is 0 Å². The molecule has 0 heterocycles. The molecule has 0 aromatic heterocycles. The fraction of sp³-hybridized carbons (Fsp3) is 0.412. The summed E-state index contributed by atoms with van der Waals surface area (Å²) in [7, 11) is 0. The van der Waals surface area contributed by atoms with Gasteiger partial charge in [-0.15, -0.1) is 0 Å². The highest BCUT2D eigenvalue weighted by molar-refractivity contribution is 9.10. The van der Waals surface area contributed by atoms with Gasteiger partial charge in [-0.05, 0) is 47.9 Å². The first kappa shape index (κ1) is 14.4. The minimum absolute atomic E-state index is 0.245. The molecule has 0 saturated heterocycles. The van der Waals surface area contributed by atoms with Crippen LogP contribution in [0.15, 0.2) is 40.9 Å². The summed E-state index contributed by atoms with van der Waals surface area (Å²) in [5.74, 6) is 0.976. The molecule has 0 amide bonds. The molecule has 2 aromatic rings. The zero-order chi connectivity index (χ0) is 14.3. The number of hydrogen-bond donors (Lipinski definition) is 0. The molecule has 0 aliphatic heterocycles. The monoisotopic (exact) mass is 396 g/mol. The van der Waals surface area contributed by atoms with E-state index in [2.05, 4.69) is 82.1 Å². The average molecular weight is 398 g/mol. The van der Waals surface area contributed by atoms with Gasteiger partial charge in [0.25, 0.3) is 0 Å². The van der Waals surface area contributed by atoms with Gasteiger partial charge in [0, 0.05) is 14.7 Å². The van der Waals surface area contributed by atoms with Gasteiger partial charge >= 0.3 is 0 Å². The van der Waals surface area contributed by atoms with Crippen LogP contribution in [0.2, 0.25) is 0 Å². The molecule has 0 bridgehead atoms. The molecular formula is C17H18Br2O. The summed E-state index contributed by atoms with van der Waals surface area (Å²) in [6, 6.07) is 12.7. The number of ether oxygens (including phenoxy) is 1. The molecule has 1 fully saturated rings. The minimum atomic E-state index is 0.245. The van der Waals surface area contributed by atoms with Crippen LogP contribution in [0.1, 0.15) is 26.7 Å². The van der Waals surface area contributed by atoms with Crippen LogP contribution in [0, 0.1) is 5.41 Å². The Morgan fingerprint density at radius 3 is 2.60 bits per heavy atom. The van der Waals surface area contributed by atoms with Crippen molar-refractivity contribution in [2.45, 2.75) is 37.6 Å². The molecule has 0 N–H and O–H groups in total. The molecule has 1 aliphatic carbocycles. The maximum absolute atomic E-state index is 6.22. The van der Waals surface area contributed by atoms with E-state index in [9.17, 15) is 0 Å². The Morgan fingerprint density at radius 1 is 1.20 bits per heavy atom. The fourth-order valence-corrected chi connectivity index (χ4v) is 4.17. The summed E-state index contributed by atoms with van der Waals surface area (Å²) in [6.45, 7) is 4.54. The molecule has 0 radical (unpaired) electrons. The SMILES string of the molecule is CCC1(C)C(Br)CC1Oc1ccc2cc(Br)ccc2c1. The number of benzene rings is 2. The number of alkyl halides is 1. The zero-order valence-electron chi connectivity index (χ0n) is 11.7. The highest BCUT2D eigenvalue weighted by atomic mass is 79.9. The van der Waals surface area contributed by atoms with Crippen molar-refractivity contribution in [2.75, 3.05) is 0 Å². The average Bonchev–Trinajstić information content (AvgIpc) is 2.46. The van der Waals surface area contributed by atoms with Gasteiger partial charge in [0.05, 0.1) is 0 Å². The zero-order valence-corrected chi connectivity index (χ0v) is 14.9. The first-order valence-corrected chi connectivity index (χ1v) is 8.74. The predicted molar refractivity (Wildman–Crippen MR) is 91.8 cm³/mol. The lowest BCUT2D eigenvalue weighted by atomic mass is 9.65. The van der Waals surface area contributed by atoms with Crippen LogP contribution in [0.25, 0.3) is 10.8 Å². The Morgan fingerprint density at radius 2 is 1.90 bits per heavy atom. The molecule has 20 heavy (non-hydrogen) atoms. The summed E-state index contributed by atoms with van der Waals surface area (Å²) in [5.41, 5.74) is 0.245. The fourth-order valence-electron chi connectivity index (χ4n) is 2.83. The van der Waals surface area contributed by atoms with Crippen LogP contribution >= 0.6 is 31.9 Å². The van der Waals surface area contributed by atoms with E-state index in [1.165, 1.54) is 10.8 Å². The van der Waals surface area contributed by atoms with Crippen LogP contribution in [0.3, 0.4) is 0 Å². The standard InChI is InChI=1S/C17H18Br2O/c1-3-17(2)15(19)10-16(17)20-14-7-5-11-8-13(18)6-4-12(11)9-14/h4-9,15-16H,3,10H2,1-2H3. The molecule has 106 valence electrons. The second-order valence-electron chi connectivity index (χ2n) is 5.82. The van der Waals surface area contributed by atoms with Gasteiger partial charge < -0.3 is 4.74 Å². The van der Waals surface area contributed by atoms with Gasteiger partial charge in [-0.3, -0.25) is 0 Å². The van der Waals surface area contributed by atoms with Crippen LogP contribution in [-0.2, 0) is 0 Å². The van der Waals surface area contributed by atoms with Crippen molar-refractivity contribution in [3.8, 4) is 5.75 Å². The van der Waals surface area contributed by atoms with E-state index in [4.69, 9.17) is 4.74 Å². The smallest absolute Gasteiger partial charge is 0.120 e. The highest BCUT2D eigenvalue weighted by Crippen LogP contribution is 2.50. The van der Waals surface area contributed by atoms with E-state index < -0.39 is 0 Å². The first-order chi connectivity index (χ1) is 9.53. The molecule has 3 atom stereocenters. The topological polar surface area (TPSA) is 9.23 Å². The molecule has 1 saturated carbocycles. The molecule has 3 heteroatoms. The third-order valence-corrected chi connectivity index (χ3v) is 6.60. The number of fused-ring (bicyclic) bond motifs is 1. The van der Waals surface area contributed by atoms with Crippen molar-refractivity contribution in [1.29, 1.82) is 0 Å². The maximum atomic E-state index is 6.22. The third-order valence-electron chi connectivity index (χ3n) is 4.69. The van der Waals surface area contributed by atoms with Crippen LogP contribution in [0.4, 0.5) is 0 Å². The molecule has 1 nitrogen and oxygen atoms in total. The molecule has 3 rings (SSSR count). The van der Waals surface area contributed by atoms with Crippen molar-refractivity contribution in [3.63, 3.8) is 0 Å². The van der Waals surface area contributed by atoms with E-state index in [0.717, 1.165) is 23.1 Å². The second kappa shape index (κ2) is 5.34. The third kappa shape index (κ3) is 2.39. The lowest BCUT2D eigenvalue weighted by Gasteiger charge is -2.50. The van der Waals surface area contributed by atoms with Crippen LogP contribution in [-0.4, -0.2) is 10.9 Å². The van der Waals surface area contributed by atoms with Gasteiger partial charge in [-0.25, -0.2) is 0 Å². The maximum Gasteiger partial charge on any atom is 0.120 e. The van der Waals surface area contributed by atoms with E-state index in [-0.39, 0.29) is 5.41 Å². The predicted octanol–water partition coefficient (Wildman–Crippen LogP) is 5.93. The first-order valence-electron chi connectivity index (χ1n) is 7.03. The van der Waals surface area contributed by atoms with Crippen LogP contribution < -0.4 is 4.74 Å². The number of rotatable bonds is 3. The van der Waals surface area contributed by atoms with Gasteiger partial charge in [-0.2, -0.15) is 0 Å². The van der Waals surface area contributed by atoms with Crippen LogP contribution in [0.5, 0.6) is 5.75 Å². The quantitative estimate of drug-likeness (QED) is 0.583. The Bertz CT molecular complexity index is 640. The van der Waals surface area contributed by atoms with Crippen molar-refractivity contribution < 1.29 is 4.74 Å². The Hall–Kier alpha value is -0.540. The van der Waals surface area contributed by atoms with E-state index in [1.807, 2.05) is 0 Å². The summed E-state index contributed by atoms with van der Waals surface area (Å²) in [5, 5.41) is 2.45. The van der Waals surface area contributed by atoms with Crippen molar-refractivity contribution in [3.05, 3.63) is 40.9 Å². The summed E-state index contributed by atoms with van der Waals surface area (Å²) in [6.07, 6.45) is 2.53. The van der Waals surface area contributed by atoms with E-state index in [0.29, 0.717) is 10.9 Å². The molecule has 2 aromatic carbocycles. The minimum Gasteiger partial charge on any atom is -0.490 e.